The van der Waals surface area contributed by atoms with Crippen molar-refractivity contribution in [1.82, 2.24) is 15.0 Å². The van der Waals surface area contributed by atoms with Crippen molar-refractivity contribution >= 4 is 5.82 Å². The number of aromatic amines is 1. The van der Waals surface area contributed by atoms with Gasteiger partial charge in [0, 0.05) is 12.1 Å². The predicted molar refractivity (Wildman–Crippen MR) is 63.8 cm³/mol. The fraction of sp³-hybridized carbons (Fsp3) is 0.333. The first-order valence-corrected chi connectivity index (χ1v) is 5.70. The molecule has 0 saturated carbocycles. The monoisotopic (exact) mass is 230 g/mol. The summed E-state index contributed by atoms with van der Waals surface area (Å²) in [5.74, 6) is 1.73. The molecule has 0 amide bonds. The van der Waals surface area contributed by atoms with E-state index in [4.69, 9.17) is 10.5 Å². The Kier molecular flexibility index (Phi) is 2.44. The number of nitrogens with two attached hydrogens (primary N) is 1. The summed E-state index contributed by atoms with van der Waals surface area (Å²) in [4.78, 5) is 11.6. The third-order valence-corrected chi connectivity index (χ3v) is 3.03. The summed E-state index contributed by atoms with van der Waals surface area (Å²) in [6.45, 7) is 0.730. The van der Waals surface area contributed by atoms with E-state index in [0.717, 1.165) is 36.6 Å². The third-order valence-electron chi connectivity index (χ3n) is 3.03. The van der Waals surface area contributed by atoms with Gasteiger partial charge in [0.1, 0.15) is 11.6 Å². The molecule has 88 valence electrons. The van der Waals surface area contributed by atoms with Gasteiger partial charge in [-0.05, 0) is 25.0 Å². The molecule has 0 bridgehead atoms. The highest BCUT2D eigenvalue weighted by atomic mass is 16.5. The number of fused-ring (bicyclic) bond motifs is 1. The van der Waals surface area contributed by atoms with Gasteiger partial charge in [0.25, 0.3) is 0 Å². The maximum atomic E-state index is 5.73. The number of hydrogen-bond acceptors (Lipinski definition) is 4. The van der Waals surface area contributed by atoms with E-state index in [1.165, 1.54) is 0 Å². The van der Waals surface area contributed by atoms with E-state index in [1.54, 1.807) is 12.4 Å². The highest BCUT2D eigenvalue weighted by Crippen LogP contribution is 2.34. The van der Waals surface area contributed by atoms with Crippen LogP contribution >= 0.6 is 0 Å². The van der Waals surface area contributed by atoms with Crippen molar-refractivity contribution in [1.29, 1.82) is 0 Å². The second-order valence-electron chi connectivity index (χ2n) is 4.22. The number of rotatable bonds is 2. The van der Waals surface area contributed by atoms with Crippen molar-refractivity contribution < 1.29 is 4.74 Å². The van der Waals surface area contributed by atoms with Crippen LogP contribution in [0.5, 0.6) is 5.75 Å². The van der Waals surface area contributed by atoms with E-state index < -0.39 is 0 Å². The molecular weight excluding hydrogens is 216 g/mol. The maximum absolute atomic E-state index is 5.73. The van der Waals surface area contributed by atoms with Gasteiger partial charge < -0.3 is 15.5 Å². The number of hydrogen-bond donors (Lipinski definition) is 2. The van der Waals surface area contributed by atoms with Crippen LogP contribution in [0.15, 0.2) is 24.7 Å². The molecule has 5 nitrogen and oxygen atoms in total. The molecule has 3 heterocycles. The number of imidazole rings is 1. The Labute approximate surface area is 99.0 Å². The number of ether oxygens (including phenoxy) is 1. The lowest BCUT2D eigenvalue weighted by Gasteiger charge is -2.24. The molecule has 0 aromatic carbocycles. The van der Waals surface area contributed by atoms with Crippen LogP contribution in [-0.2, 0) is 6.42 Å². The Morgan fingerprint density at radius 2 is 2.41 bits per heavy atom. The summed E-state index contributed by atoms with van der Waals surface area (Å²) in [6.07, 6.45) is 5.44. The minimum absolute atomic E-state index is 0.338. The van der Waals surface area contributed by atoms with Gasteiger partial charge in [-0.2, -0.15) is 0 Å². The van der Waals surface area contributed by atoms with Crippen molar-refractivity contribution in [2.45, 2.75) is 18.8 Å². The largest absolute Gasteiger partial charge is 0.492 e. The van der Waals surface area contributed by atoms with Crippen LogP contribution in [0.4, 0.5) is 5.82 Å². The van der Waals surface area contributed by atoms with Crippen molar-refractivity contribution in [3.05, 3.63) is 36.0 Å². The van der Waals surface area contributed by atoms with E-state index in [0.29, 0.717) is 11.7 Å². The van der Waals surface area contributed by atoms with Gasteiger partial charge in [0.15, 0.2) is 0 Å². The molecule has 0 spiro atoms. The van der Waals surface area contributed by atoms with Crippen LogP contribution in [-0.4, -0.2) is 21.6 Å². The number of anilines is 1. The molecule has 3 N–H and O–H groups in total. The molecule has 0 fully saturated rings. The maximum Gasteiger partial charge on any atom is 0.141 e. The highest BCUT2D eigenvalue weighted by molar-refractivity contribution is 5.41. The smallest absolute Gasteiger partial charge is 0.141 e. The molecule has 1 aliphatic rings. The summed E-state index contributed by atoms with van der Waals surface area (Å²) in [6, 6.07) is 3.67. The van der Waals surface area contributed by atoms with Crippen LogP contribution in [0.3, 0.4) is 0 Å². The zero-order valence-corrected chi connectivity index (χ0v) is 9.39. The molecule has 0 saturated heterocycles. The Bertz CT molecular complexity index is 509. The fourth-order valence-corrected chi connectivity index (χ4v) is 2.19. The average Bonchev–Trinajstić information content (AvgIpc) is 2.83. The molecule has 0 radical (unpaired) electrons. The van der Waals surface area contributed by atoms with Crippen molar-refractivity contribution in [2.75, 3.05) is 12.3 Å². The van der Waals surface area contributed by atoms with Crippen molar-refractivity contribution in [2.24, 2.45) is 0 Å². The molecule has 1 atom stereocenters. The summed E-state index contributed by atoms with van der Waals surface area (Å²) in [5, 5.41) is 0. The van der Waals surface area contributed by atoms with Gasteiger partial charge in [-0.3, -0.25) is 0 Å². The molecule has 5 heteroatoms. The highest BCUT2D eigenvalue weighted by Gasteiger charge is 2.24. The second-order valence-corrected chi connectivity index (χ2v) is 4.22. The normalized spacial score (nSPS) is 18.5. The van der Waals surface area contributed by atoms with E-state index in [9.17, 15) is 0 Å². The van der Waals surface area contributed by atoms with Crippen molar-refractivity contribution in [3.8, 4) is 5.75 Å². The molecule has 17 heavy (non-hydrogen) atoms. The predicted octanol–water partition coefficient (Wildman–Crippen LogP) is 1.50. The lowest BCUT2D eigenvalue weighted by atomic mass is 9.93. The molecule has 1 aliphatic heterocycles. The SMILES string of the molecule is Nc1ccc2c(n1)C(Cc1c[nH]cn1)CCO2. The first-order chi connectivity index (χ1) is 8.33. The van der Waals surface area contributed by atoms with Gasteiger partial charge in [0.2, 0.25) is 0 Å². The molecule has 2 aromatic heterocycles. The number of aromatic nitrogens is 3. The Hall–Kier alpha value is -2.04. The number of H-pyrrole nitrogens is 1. The molecule has 3 rings (SSSR count). The zero-order valence-electron chi connectivity index (χ0n) is 9.39. The molecule has 1 unspecified atom stereocenters. The van der Waals surface area contributed by atoms with Gasteiger partial charge >= 0.3 is 0 Å². The van der Waals surface area contributed by atoms with Gasteiger partial charge in [0.05, 0.1) is 24.3 Å². The van der Waals surface area contributed by atoms with Crippen LogP contribution < -0.4 is 10.5 Å². The Morgan fingerprint density at radius 1 is 1.47 bits per heavy atom. The van der Waals surface area contributed by atoms with Crippen LogP contribution in [0.2, 0.25) is 0 Å². The number of pyridine rings is 1. The van der Waals surface area contributed by atoms with E-state index in [2.05, 4.69) is 15.0 Å². The summed E-state index contributed by atoms with van der Waals surface area (Å²) in [5.41, 5.74) is 7.73. The standard InChI is InChI=1S/C12H14N4O/c13-11-2-1-10-12(16-11)8(3-4-17-10)5-9-6-14-7-15-9/h1-2,6-8H,3-5H2,(H2,13,16)(H,14,15). The lowest BCUT2D eigenvalue weighted by molar-refractivity contribution is 0.262. The first-order valence-electron chi connectivity index (χ1n) is 5.70. The van der Waals surface area contributed by atoms with Crippen LogP contribution in [0, 0.1) is 0 Å². The lowest BCUT2D eigenvalue weighted by Crippen LogP contribution is -2.18. The second kappa shape index (κ2) is 4.08. The Balaban J connectivity index is 1.90. The van der Waals surface area contributed by atoms with Crippen LogP contribution in [0.25, 0.3) is 0 Å². The van der Waals surface area contributed by atoms with E-state index in [-0.39, 0.29) is 0 Å². The van der Waals surface area contributed by atoms with Gasteiger partial charge in [-0.15, -0.1) is 0 Å². The van der Waals surface area contributed by atoms with Crippen molar-refractivity contribution in [3.63, 3.8) is 0 Å². The van der Waals surface area contributed by atoms with Crippen LogP contribution in [0.1, 0.15) is 23.7 Å². The molecular formula is C12H14N4O. The van der Waals surface area contributed by atoms with E-state index >= 15 is 0 Å². The topological polar surface area (TPSA) is 76.8 Å². The minimum Gasteiger partial charge on any atom is -0.492 e. The third kappa shape index (κ3) is 1.95. The molecule has 2 aromatic rings. The Morgan fingerprint density at radius 3 is 3.24 bits per heavy atom. The summed E-state index contributed by atoms with van der Waals surface area (Å²) in [7, 11) is 0. The van der Waals surface area contributed by atoms with E-state index in [1.807, 2.05) is 12.3 Å². The number of nitrogen functional groups attached to an aromatic ring is 1. The first kappa shape index (κ1) is 10.1. The van der Waals surface area contributed by atoms with Gasteiger partial charge in [-0.1, -0.05) is 0 Å². The fourth-order valence-electron chi connectivity index (χ4n) is 2.19. The molecule has 0 aliphatic carbocycles. The average molecular weight is 230 g/mol. The minimum atomic E-state index is 0.338. The summed E-state index contributed by atoms with van der Waals surface area (Å²) >= 11 is 0. The summed E-state index contributed by atoms with van der Waals surface area (Å²) < 4.78 is 5.58. The van der Waals surface area contributed by atoms with Gasteiger partial charge in [-0.25, -0.2) is 9.97 Å². The number of nitrogens with one attached hydrogen (secondary N) is 1. The zero-order chi connectivity index (χ0) is 11.7. The quantitative estimate of drug-likeness (QED) is 0.819. The number of nitrogens with zero attached hydrogens (tertiary/aromatic N) is 2.